The SMILES string of the molecule is CCOC(=O)C(N=Nc1ccccc1C)=C(O)CBr. The van der Waals surface area contributed by atoms with Gasteiger partial charge in [-0.25, -0.2) is 4.79 Å². The molecule has 1 N–H and O–H groups in total. The summed E-state index contributed by atoms with van der Waals surface area (Å²) in [5, 5.41) is 17.5. The molecule has 0 spiro atoms. The van der Waals surface area contributed by atoms with Crippen molar-refractivity contribution in [2.24, 2.45) is 10.2 Å². The number of aliphatic hydroxyl groups excluding tert-OH is 1. The summed E-state index contributed by atoms with van der Waals surface area (Å²) in [6.07, 6.45) is 0. The summed E-state index contributed by atoms with van der Waals surface area (Å²) in [4.78, 5) is 11.6. The highest BCUT2D eigenvalue weighted by Gasteiger charge is 2.15. The van der Waals surface area contributed by atoms with E-state index in [0.717, 1.165) is 5.56 Å². The van der Waals surface area contributed by atoms with Crippen LogP contribution in [0.15, 0.2) is 46.0 Å². The minimum atomic E-state index is -0.697. The van der Waals surface area contributed by atoms with Gasteiger partial charge in [0.05, 0.1) is 17.6 Å². The molecular formula is C13H15BrN2O3. The molecule has 19 heavy (non-hydrogen) atoms. The van der Waals surface area contributed by atoms with Crippen LogP contribution in [0.1, 0.15) is 12.5 Å². The lowest BCUT2D eigenvalue weighted by Crippen LogP contribution is -2.09. The van der Waals surface area contributed by atoms with Crippen LogP contribution in [-0.4, -0.2) is 23.0 Å². The second kappa shape index (κ2) is 7.68. The van der Waals surface area contributed by atoms with E-state index in [1.807, 2.05) is 25.1 Å². The number of ether oxygens (including phenoxy) is 1. The molecule has 0 amide bonds. The van der Waals surface area contributed by atoms with Crippen molar-refractivity contribution in [1.82, 2.24) is 0 Å². The van der Waals surface area contributed by atoms with Crippen molar-refractivity contribution in [1.29, 1.82) is 0 Å². The Morgan fingerprint density at radius 1 is 1.42 bits per heavy atom. The summed E-state index contributed by atoms with van der Waals surface area (Å²) in [7, 11) is 0. The molecule has 5 nitrogen and oxygen atoms in total. The smallest absolute Gasteiger partial charge is 0.362 e. The molecule has 0 bridgehead atoms. The highest BCUT2D eigenvalue weighted by molar-refractivity contribution is 9.09. The van der Waals surface area contributed by atoms with Gasteiger partial charge in [0.15, 0.2) is 0 Å². The van der Waals surface area contributed by atoms with Crippen molar-refractivity contribution in [3.8, 4) is 0 Å². The maximum absolute atomic E-state index is 11.6. The van der Waals surface area contributed by atoms with Crippen molar-refractivity contribution < 1.29 is 14.6 Å². The molecule has 0 aromatic heterocycles. The van der Waals surface area contributed by atoms with Crippen LogP contribution in [0.3, 0.4) is 0 Å². The van der Waals surface area contributed by atoms with E-state index >= 15 is 0 Å². The second-order valence-corrected chi connectivity index (χ2v) is 4.20. The lowest BCUT2D eigenvalue weighted by molar-refractivity contribution is -0.138. The molecule has 1 aromatic rings. The van der Waals surface area contributed by atoms with E-state index in [4.69, 9.17) is 4.74 Å². The van der Waals surface area contributed by atoms with Crippen molar-refractivity contribution in [3.05, 3.63) is 41.3 Å². The van der Waals surface area contributed by atoms with Crippen LogP contribution in [0.5, 0.6) is 0 Å². The molecule has 102 valence electrons. The van der Waals surface area contributed by atoms with Gasteiger partial charge in [-0.3, -0.25) is 0 Å². The van der Waals surface area contributed by atoms with Crippen LogP contribution in [0, 0.1) is 6.92 Å². The Morgan fingerprint density at radius 2 is 2.11 bits per heavy atom. The lowest BCUT2D eigenvalue weighted by Gasteiger charge is -2.03. The third kappa shape index (κ3) is 4.48. The average molecular weight is 327 g/mol. The molecule has 0 fully saturated rings. The quantitative estimate of drug-likeness (QED) is 0.294. The van der Waals surface area contributed by atoms with E-state index in [0.29, 0.717) is 5.69 Å². The number of hydrogen-bond acceptors (Lipinski definition) is 5. The number of hydrogen-bond donors (Lipinski definition) is 1. The van der Waals surface area contributed by atoms with Gasteiger partial charge in [-0.1, -0.05) is 34.1 Å². The minimum Gasteiger partial charge on any atom is -0.509 e. The summed E-state index contributed by atoms with van der Waals surface area (Å²) < 4.78 is 4.81. The Bertz CT molecular complexity index is 512. The number of esters is 1. The Morgan fingerprint density at radius 3 is 2.68 bits per heavy atom. The van der Waals surface area contributed by atoms with Crippen LogP contribution in [0.25, 0.3) is 0 Å². The van der Waals surface area contributed by atoms with Crippen molar-refractivity contribution >= 4 is 27.6 Å². The highest BCUT2D eigenvalue weighted by atomic mass is 79.9. The van der Waals surface area contributed by atoms with E-state index < -0.39 is 5.97 Å². The van der Waals surface area contributed by atoms with Gasteiger partial charge in [0.25, 0.3) is 0 Å². The highest BCUT2D eigenvalue weighted by Crippen LogP contribution is 2.20. The first kappa shape index (κ1) is 15.4. The molecule has 0 radical (unpaired) electrons. The molecule has 0 atom stereocenters. The summed E-state index contributed by atoms with van der Waals surface area (Å²) in [6.45, 7) is 3.77. The van der Waals surface area contributed by atoms with Gasteiger partial charge in [0.1, 0.15) is 5.76 Å². The topological polar surface area (TPSA) is 71.2 Å². The van der Waals surface area contributed by atoms with Gasteiger partial charge < -0.3 is 9.84 Å². The van der Waals surface area contributed by atoms with Gasteiger partial charge in [-0.05, 0) is 25.5 Å². The number of alkyl halides is 1. The second-order valence-electron chi connectivity index (χ2n) is 3.64. The third-order valence-electron chi connectivity index (χ3n) is 2.24. The number of carbonyl (C=O) groups excluding carboxylic acids is 1. The predicted molar refractivity (Wildman–Crippen MR) is 75.8 cm³/mol. The van der Waals surface area contributed by atoms with Crippen LogP contribution >= 0.6 is 15.9 Å². The Balaban J connectivity index is 3.03. The predicted octanol–water partition coefficient (Wildman–Crippen LogP) is 3.81. The molecule has 0 aliphatic carbocycles. The number of halogens is 1. The Hall–Kier alpha value is -1.69. The van der Waals surface area contributed by atoms with Gasteiger partial charge in [0, 0.05) is 0 Å². The molecule has 1 aromatic carbocycles. The Kier molecular flexibility index (Phi) is 6.21. The minimum absolute atomic E-state index is 0.105. The first-order valence-electron chi connectivity index (χ1n) is 5.72. The van der Waals surface area contributed by atoms with Gasteiger partial charge >= 0.3 is 5.97 Å². The number of rotatable bonds is 5. The van der Waals surface area contributed by atoms with Crippen LogP contribution in [0.2, 0.25) is 0 Å². The van der Waals surface area contributed by atoms with Crippen molar-refractivity contribution in [2.75, 3.05) is 11.9 Å². The molecule has 0 aliphatic heterocycles. The zero-order valence-electron chi connectivity index (χ0n) is 10.8. The molecule has 0 unspecified atom stereocenters. The van der Waals surface area contributed by atoms with Gasteiger partial charge in [0.2, 0.25) is 5.70 Å². The molecular weight excluding hydrogens is 312 g/mol. The van der Waals surface area contributed by atoms with Gasteiger partial charge in [-0.2, -0.15) is 0 Å². The molecule has 1 rings (SSSR count). The van der Waals surface area contributed by atoms with Crippen molar-refractivity contribution in [3.63, 3.8) is 0 Å². The number of azo groups is 1. The number of nitrogens with zero attached hydrogens (tertiary/aromatic N) is 2. The fourth-order valence-electron chi connectivity index (χ4n) is 1.26. The van der Waals surface area contributed by atoms with E-state index in [1.54, 1.807) is 13.0 Å². The standard InChI is InChI=1S/C13H15BrN2O3/c1-3-19-13(18)12(11(17)8-14)16-15-10-7-5-4-6-9(10)2/h4-7,17H,3,8H2,1-2H3. The molecule has 0 saturated heterocycles. The van der Waals surface area contributed by atoms with Gasteiger partial charge in [-0.15, -0.1) is 10.2 Å². The first-order chi connectivity index (χ1) is 9.10. The van der Waals surface area contributed by atoms with E-state index in [2.05, 4.69) is 26.2 Å². The lowest BCUT2D eigenvalue weighted by atomic mass is 10.2. The maximum atomic E-state index is 11.6. The molecule has 0 heterocycles. The van der Waals surface area contributed by atoms with E-state index in [-0.39, 0.29) is 23.4 Å². The average Bonchev–Trinajstić information content (AvgIpc) is 2.41. The van der Waals surface area contributed by atoms with Crippen molar-refractivity contribution in [2.45, 2.75) is 13.8 Å². The largest absolute Gasteiger partial charge is 0.509 e. The summed E-state index contributed by atoms with van der Waals surface area (Å²) >= 11 is 3.06. The molecule has 0 aliphatic rings. The number of benzene rings is 1. The third-order valence-corrected chi connectivity index (χ3v) is 2.77. The summed E-state index contributed by atoms with van der Waals surface area (Å²) in [6, 6.07) is 7.35. The summed E-state index contributed by atoms with van der Waals surface area (Å²) in [5.41, 5.74) is 1.36. The molecule has 6 heteroatoms. The fourth-order valence-corrected chi connectivity index (χ4v) is 1.52. The van der Waals surface area contributed by atoms with Crippen LogP contribution < -0.4 is 0 Å². The Labute approximate surface area is 120 Å². The fraction of sp³-hybridized carbons (Fsp3) is 0.308. The van der Waals surface area contributed by atoms with Crippen LogP contribution in [0.4, 0.5) is 5.69 Å². The van der Waals surface area contributed by atoms with E-state index in [1.165, 1.54) is 0 Å². The molecule has 0 saturated carbocycles. The maximum Gasteiger partial charge on any atom is 0.362 e. The first-order valence-corrected chi connectivity index (χ1v) is 6.84. The zero-order chi connectivity index (χ0) is 14.3. The van der Waals surface area contributed by atoms with E-state index in [9.17, 15) is 9.90 Å². The number of aryl methyl sites for hydroxylation is 1. The number of aliphatic hydroxyl groups is 1. The monoisotopic (exact) mass is 326 g/mol. The normalized spacial score (nSPS) is 12.4. The van der Waals surface area contributed by atoms with Crippen LogP contribution in [-0.2, 0) is 9.53 Å². The zero-order valence-corrected chi connectivity index (χ0v) is 12.3. The number of carbonyl (C=O) groups is 1. The summed E-state index contributed by atoms with van der Waals surface area (Å²) in [5.74, 6) is -0.910. The number of allylic oxidation sites excluding steroid dienone is 1.